The van der Waals surface area contributed by atoms with E-state index in [-0.39, 0.29) is 11.8 Å². The molecule has 3 aromatic rings. The lowest BCUT2D eigenvalue weighted by Crippen LogP contribution is -2.40. The lowest BCUT2D eigenvalue weighted by molar-refractivity contribution is -0.120. The van der Waals surface area contributed by atoms with Gasteiger partial charge in [0.2, 0.25) is 16.2 Å². The molecule has 1 aromatic carbocycles. The number of anilines is 2. The third-order valence-corrected chi connectivity index (χ3v) is 6.22. The van der Waals surface area contributed by atoms with Gasteiger partial charge in [0.25, 0.3) is 0 Å². The maximum absolute atomic E-state index is 12.7. The highest BCUT2D eigenvalue weighted by Gasteiger charge is 2.28. The fourth-order valence-electron chi connectivity index (χ4n) is 3.09. The molecular formula is C18H17Cl2N5OS. The van der Waals surface area contributed by atoms with Crippen LogP contribution in [0.4, 0.5) is 10.8 Å². The van der Waals surface area contributed by atoms with E-state index in [4.69, 9.17) is 23.2 Å². The van der Waals surface area contributed by atoms with E-state index in [0.29, 0.717) is 22.3 Å². The maximum atomic E-state index is 12.7. The first-order valence-electron chi connectivity index (χ1n) is 8.58. The van der Waals surface area contributed by atoms with Crippen molar-refractivity contribution in [1.82, 2.24) is 14.8 Å². The third-order valence-electron chi connectivity index (χ3n) is 4.48. The highest BCUT2D eigenvalue weighted by atomic mass is 35.5. The van der Waals surface area contributed by atoms with E-state index < -0.39 is 0 Å². The summed E-state index contributed by atoms with van der Waals surface area (Å²) in [5.74, 6) is -0.139. The maximum Gasteiger partial charge on any atom is 0.229 e. The minimum Gasteiger partial charge on any atom is -0.346 e. The summed E-state index contributed by atoms with van der Waals surface area (Å²) >= 11 is 13.5. The molecule has 1 amide bonds. The van der Waals surface area contributed by atoms with Crippen LogP contribution in [0, 0.1) is 5.92 Å². The molecule has 0 spiro atoms. The average molecular weight is 422 g/mol. The molecule has 9 heteroatoms. The Morgan fingerprint density at radius 2 is 1.93 bits per heavy atom. The van der Waals surface area contributed by atoms with Crippen molar-refractivity contribution in [3.05, 3.63) is 52.8 Å². The van der Waals surface area contributed by atoms with Crippen LogP contribution in [0.25, 0.3) is 5.13 Å². The summed E-state index contributed by atoms with van der Waals surface area (Å²) in [6.45, 7) is 1.49. The molecule has 140 valence electrons. The number of rotatable bonds is 4. The van der Waals surface area contributed by atoms with Crippen molar-refractivity contribution in [2.75, 3.05) is 23.3 Å². The van der Waals surface area contributed by atoms with E-state index in [9.17, 15) is 4.79 Å². The molecule has 1 atom stereocenters. The first-order valence-corrected chi connectivity index (χ1v) is 10.1. The van der Waals surface area contributed by atoms with Crippen LogP contribution in [0.5, 0.6) is 0 Å². The quantitative estimate of drug-likeness (QED) is 0.673. The molecule has 0 saturated carbocycles. The first kappa shape index (κ1) is 18.3. The number of nitrogens with one attached hydrogen (secondary N) is 1. The molecule has 1 fully saturated rings. The number of amides is 1. The van der Waals surface area contributed by atoms with Crippen LogP contribution in [-0.4, -0.2) is 33.8 Å². The van der Waals surface area contributed by atoms with Gasteiger partial charge in [-0.05, 0) is 43.2 Å². The minimum atomic E-state index is -0.118. The first-order chi connectivity index (χ1) is 13.1. The molecule has 1 unspecified atom stereocenters. The molecule has 6 nitrogen and oxygen atoms in total. The van der Waals surface area contributed by atoms with Crippen molar-refractivity contribution in [2.24, 2.45) is 5.92 Å². The molecular weight excluding hydrogens is 405 g/mol. The Kier molecular flexibility index (Phi) is 5.33. The molecule has 0 radical (unpaired) electrons. The molecule has 1 aliphatic heterocycles. The van der Waals surface area contributed by atoms with Crippen molar-refractivity contribution in [3.8, 4) is 5.13 Å². The van der Waals surface area contributed by atoms with Crippen molar-refractivity contribution in [3.63, 3.8) is 0 Å². The zero-order chi connectivity index (χ0) is 18.8. The Hall–Kier alpha value is -2.09. The van der Waals surface area contributed by atoms with Crippen LogP contribution in [-0.2, 0) is 4.79 Å². The lowest BCUT2D eigenvalue weighted by atomic mass is 9.97. The number of nitrogens with zero attached hydrogens (tertiary/aromatic N) is 4. The summed E-state index contributed by atoms with van der Waals surface area (Å²) < 4.78 is 1.93. The SMILES string of the molecule is O=C(Nc1ccc(Cl)c(Cl)c1)C1CCCN(c2nnc(-n3cccc3)s2)C1. The standard InChI is InChI=1S/C18H17Cl2N5OS/c19-14-6-5-13(10-15(14)20)21-16(26)12-4-3-9-25(11-12)18-23-22-17(27-18)24-7-1-2-8-24/h1-2,5-8,10,12H,3-4,9,11H2,(H,21,26). The summed E-state index contributed by atoms with van der Waals surface area (Å²) in [6.07, 6.45) is 5.65. The van der Waals surface area contributed by atoms with E-state index in [1.807, 2.05) is 29.1 Å². The second-order valence-corrected chi connectivity index (χ2v) is 8.11. The largest absolute Gasteiger partial charge is 0.346 e. The summed E-state index contributed by atoms with van der Waals surface area (Å²) in [6, 6.07) is 8.99. The van der Waals surface area contributed by atoms with Gasteiger partial charge in [-0.25, -0.2) is 0 Å². The van der Waals surface area contributed by atoms with Gasteiger partial charge in [-0.1, -0.05) is 34.5 Å². The average Bonchev–Trinajstić information content (AvgIpc) is 3.36. The van der Waals surface area contributed by atoms with E-state index in [2.05, 4.69) is 20.4 Å². The predicted molar refractivity (Wildman–Crippen MR) is 109 cm³/mol. The zero-order valence-electron chi connectivity index (χ0n) is 14.3. The molecule has 27 heavy (non-hydrogen) atoms. The van der Waals surface area contributed by atoms with Crippen molar-refractivity contribution >= 4 is 51.3 Å². The van der Waals surface area contributed by atoms with Crippen LogP contribution in [0.1, 0.15) is 12.8 Å². The van der Waals surface area contributed by atoms with Gasteiger partial charge in [0.15, 0.2) is 0 Å². The van der Waals surface area contributed by atoms with E-state index in [1.54, 1.807) is 18.2 Å². The highest BCUT2D eigenvalue weighted by Crippen LogP contribution is 2.29. The molecule has 3 heterocycles. The number of aromatic nitrogens is 3. The number of benzene rings is 1. The van der Waals surface area contributed by atoms with Crippen molar-refractivity contribution in [1.29, 1.82) is 0 Å². The fourth-order valence-corrected chi connectivity index (χ4v) is 4.23. The Balaban J connectivity index is 1.43. The summed E-state index contributed by atoms with van der Waals surface area (Å²) in [5.41, 5.74) is 0.650. The van der Waals surface area contributed by atoms with Crippen LogP contribution in [0.3, 0.4) is 0 Å². The van der Waals surface area contributed by atoms with Gasteiger partial charge in [-0.2, -0.15) is 0 Å². The lowest BCUT2D eigenvalue weighted by Gasteiger charge is -2.31. The monoisotopic (exact) mass is 421 g/mol. The minimum absolute atomic E-state index is 0.0202. The predicted octanol–water partition coefficient (Wildman–Crippen LogP) is 4.49. The number of carbonyl (C=O) groups is 1. The molecule has 2 aromatic heterocycles. The summed E-state index contributed by atoms with van der Waals surface area (Å²) in [7, 11) is 0. The molecule has 1 aliphatic rings. The Morgan fingerprint density at radius 3 is 2.70 bits per heavy atom. The Labute approximate surface area is 170 Å². The topological polar surface area (TPSA) is 63.1 Å². The van der Waals surface area contributed by atoms with E-state index in [0.717, 1.165) is 29.6 Å². The number of hydrogen-bond donors (Lipinski definition) is 1. The normalized spacial score (nSPS) is 17.1. The number of hydrogen-bond acceptors (Lipinski definition) is 5. The highest BCUT2D eigenvalue weighted by molar-refractivity contribution is 7.17. The van der Waals surface area contributed by atoms with Crippen LogP contribution >= 0.6 is 34.5 Å². The van der Waals surface area contributed by atoms with Crippen molar-refractivity contribution < 1.29 is 4.79 Å². The van der Waals surface area contributed by atoms with E-state index in [1.165, 1.54) is 11.3 Å². The Morgan fingerprint density at radius 1 is 1.15 bits per heavy atom. The number of carbonyl (C=O) groups excluding carboxylic acids is 1. The van der Waals surface area contributed by atoms with Gasteiger partial charge >= 0.3 is 0 Å². The van der Waals surface area contributed by atoms with E-state index >= 15 is 0 Å². The van der Waals surface area contributed by atoms with Crippen molar-refractivity contribution in [2.45, 2.75) is 12.8 Å². The number of halogens is 2. The number of piperidine rings is 1. The van der Waals surface area contributed by atoms with Crippen LogP contribution < -0.4 is 10.2 Å². The molecule has 1 N–H and O–H groups in total. The molecule has 0 aliphatic carbocycles. The molecule has 4 rings (SSSR count). The van der Waals surface area contributed by atoms with Gasteiger partial charge < -0.3 is 10.2 Å². The molecule has 1 saturated heterocycles. The fraction of sp³-hybridized carbons (Fsp3) is 0.278. The van der Waals surface area contributed by atoms with Crippen LogP contribution in [0.2, 0.25) is 10.0 Å². The van der Waals surface area contributed by atoms with Gasteiger partial charge in [-0.15, -0.1) is 10.2 Å². The third kappa shape index (κ3) is 4.10. The van der Waals surface area contributed by atoms with Gasteiger partial charge in [0.05, 0.1) is 16.0 Å². The van der Waals surface area contributed by atoms with Gasteiger partial charge in [-0.3, -0.25) is 9.36 Å². The zero-order valence-corrected chi connectivity index (χ0v) is 16.6. The van der Waals surface area contributed by atoms with Crippen LogP contribution in [0.15, 0.2) is 42.7 Å². The van der Waals surface area contributed by atoms with Gasteiger partial charge in [0.1, 0.15) is 0 Å². The summed E-state index contributed by atoms with van der Waals surface area (Å²) in [5, 5.41) is 14.0. The second kappa shape index (κ2) is 7.88. The summed E-state index contributed by atoms with van der Waals surface area (Å²) in [4.78, 5) is 14.8. The second-order valence-electron chi connectivity index (χ2n) is 6.36. The Bertz CT molecular complexity index is 943. The van der Waals surface area contributed by atoms with Gasteiger partial charge in [0, 0.05) is 31.2 Å². The smallest absolute Gasteiger partial charge is 0.229 e. The molecule has 0 bridgehead atoms.